The van der Waals surface area contributed by atoms with Crippen LogP contribution in [0, 0.1) is 6.92 Å². The molecule has 5 nitrogen and oxygen atoms in total. The third kappa shape index (κ3) is 6.27. The van der Waals surface area contributed by atoms with Gasteiger partial charge < -0.3 is 20.2 Å². The Labute approximate surface area is 150 Å². The number of guanidine groups is 1. The zero-order chi connectivity index (χ0) is 18.1. The van der Waals surface area contributed by atoms with Crippen molar-refractivity contribution in [1.82, 2.24) is 10.6 Å². The predicted molar refractivity (Wildman–Crippen MR) is 102 cm³/mol. The zero-order valence-electron chi connectivity index (χ0n) is 15.4. The highest BCUT2D eigenvalue weighted by atomic mass is 16.4. The van der Waals surface area contributed by atoms with E-state index in [4.69, 9.17) is 4.42 Å². The summed E-state index contributed by atoms with van der Waals surface area (Å²) in [7, 11) is 0. The molecule has 0 aliphatic carbocycles. The van der Waals surface area contributed by atoms with Crippen molar-refractivity contribution in [2.75, 3.05) is 19.6 Å². The number of aliphatic hydroxyl groups is 1. The highest BCUT2D eigenvalue weighted by Crippen LogP contribution is 2.22. The topological polar surface area (TPSA) is 69.8 Å². The molecule has 1 atom stereocenters. The molecule has 3 N–H and O–H groups in total. The average Bonchev–Trinajstić information content (AvgIpc) is 3.05. The van der Waals surface area contributed by atoms with Crippen molar-refractivity contribution in [3.8, 4) is 0 Å². The summed E-state index contributed by atoms with van der Waals surface area (Å²) in [5.74, 6) is 2.03. The van der Waals surface area contributed by atoms with E-state index in [2.05, 4.69) is 39.9 Å². The number of furan rings is 1. The van der Waals surface area contributed by atoms with Gasteiger partial charge in [-0.15, -0.1) is 0 Å². The van der Waals surface area contributed by atoms with E-state index < -0.39 is 5.60 Å². The number of hydrogen-bond acceptors (Lipinski definition) is 3. The lowest BCUT2D eigenvalue weighted by atomic mass is 10.0. The number of hydrogen-bond donors (Lipinski definition) is 3. The van der Waals surface area contributed by atoms with Crippen LogP contribution < -0.4 is 10.6 Å². The summed E-state index contributed by atoms with van der Waals surface area (Å²) < 4.78 is 5.53. The first-order chi connectivity index (χ1) is 12.0. The third-order valence-electron chi connectivity index (χ3n) is 3.94. The Morgan fingerprint density at radius 3 is 2.56 bits per heavy atom. The summed E-state index contributed by atoms with van der Waals surface area (Å²) in [5.41, 5.74) is 0.211. The molecule has 0 aliphatic heterocycles. The lowest BCUT2D eigenvalue weighted by molar-refractivity contribution is 0.0428. The first-order valence-corrected chi connectivity index (χ1v) is 8.86. The molecule has 1 heterocycles. The van der Waals surface area contributed by atoms with E-state index in [0.29, 0.717) is 11.7 Å². The van der Waals surface area contributed by atoms with Gasteiger partial charge in [0.05, 0.1) is 6.54 Å². The smallest absolute Gasteiger partial charge is 0.191 e. The summed E-state index contributed by atoms with van der Waals surface area (Å²) in [6.07, 6.45) is 2.04. The largest absolute Gasteiger partial charge is 0.463 e. The molecule has 0 fully saturated rings. The fraction of sp³-hybridized carbons (Fsp3) is 0.450. The Kier molecular flexibility index (Phi) is 7.07. The molecule has 0 bridgehead atoms. The van der Waals surface area contributed by atoms with Crippen LogP contribution in [0.1, 0.15) is 37.4 Å². The summed E-state index contributed by atoms with van der Waals surface area (Å²) in [4.78, 5) is 4.50. The van der Waals surface area contributed by atoms with Crippen molar-refractivity contribution in [3.63, 3.8) is 0 Å². The van der Waals surface area contributed by atoms with Crippen molar-refractivity contribution >= 4 is 5.96 Å². The van der Waals surface area contributed by atoms with Crippen LogP contribution in [0.4, 0.5) is 0 Å². The second-order valence-corrected chi connectivity index (χ2v) is 6.40. The molecule has 0 saturated heterocycles. The first kappa shape index (κ1) is 19.1. The van der Waals surface area contributed by atoms with Gasteiger partial charge in [-0.3, -0.25) is 0 Å². The standard InChI is InChI=1S/C20H29N3O2/c1-4-21-19(22-14-8-11-17-9-6-5-7-10-17)23-15-20(3,24)18-13-12-16(2)25-18/h5-7,9-10,12-13,24H,4,8,11,14-15H2,1-3H3,(H2,21,22,23). The molecule has 0 aliphatic rings. The molecule has 5 heteroatoms. The van der Waals surface area contributed by atoms with Crippen LogP contribution in [0.5, 0.6) is 0 Å². The molecule has 0 saturated carbocycles. The second kappa shape index (κ2) is 9.28. The lowest BCUT2D eigenvalue weighted by Gasteiger charge is -2.19. The van der Waals surface area contributed by atoms with Gasteiger partial charge in [-0.05, 0) is 51.3 Å². The SMILES string of the molecule is CCNC(=NCC(C)(O)c1ccc(C)o1)NCCCc1ccccc1. The maximum absolute atomic E-state index is 10.6. The molecule has 1 aromatic heterocycles. The molecule has 0 spiro atoms. The Hall–Kier alpha value is -2.27. The highest BCUT2D eigenvalue weighted by Gasteiger charge is 2.26. The fourth-order valence-electron chi connectivity index (χ4n) is 2.52. The molecular formula is C20H29N3O2. The molecule has 0 amide bonds. The second-order valence-electron chi connectivity index (χ2n) is 6.40. The fourth-order valence-corrected chi connectivity index (χ4v) is 2.52. The van der Waals surface area contributed by atoms with E-state index in [1.54, 1.807) is 13.0 Å². The van der Waals surface area contributed by atoms with Crippen LogP contribution in [-0.4, -0.2) is 30.7 Å². The third-order valence-corrected chi connectivity index (χ3v) is 3.94. The monoisotopic (exact) mass is 343 g/mol. The van der Waals surface area contributed by atoms with Gasteiger partial charge in [-0.2, -0.15) is 0 Å². The van der Waals surface area contributed by atoms with Gasteiger partial charge in [0.2, 0.25) is 0 Å². The van der Waals surface area contributed by atoms with Crippen molar-refractivity contribution in [1.29, 1.82) is 0 Å². The van der Waals surface area contributed by atoms with Crippen LogP contribution in [0.15, 0.2) is 51.9 Å². The number of nitrogens with zero attached hydrogens (tertiary/aromatic N) is 1. The van der Waals surface area contributed by atoms with Crippen molar-refractivity contribution in [3.05, 3.63) is 59.5 Å². The summed E-state index contributed by atoms with van der Waals surface area (Å²) in [6, 6.07) is 14.1. The van der Waals surface area contributed by atoms with Gasteiger partial charge in [0.1, 0.15) is 17.1 Å². The van der Waals surface area contributed by atoms with Crippen LogP contribution in [0.3, 0.4) is 0 Å². The molecule has 2 rings (SSSR count). The van der Waals surface area contributed by atoms with E-state index in [9.17, 15) is 5.11 Å². The molecule has 2 aromatic rings. The van der Waals surface area contributed by atoms with Crippen molar-refractivity contribution in [2.45, 2.75) is 39.2 Å². The minimum Gasteiger partial charge on any atom is -0.463 e. The van der Waals surface area contributed by atoms with Gasteiger partial charge in [0, 0.05) is 13.1 Å². The Morgan fingerprint density at radius 1 is 1.16 bits per heavy atom. The molecule has 136 valence electrons. The molecule has 1 aromatic carbocycles. The first-order valence-electron chi connectivity index (χ1n) is 8.86. The summed E-state index contributed by atoms with van der Waals surface area (Å²) in [5, 5.41) is 17.1. The number of nitrogens with one attached hydrogen (secondary N) is 2. The van der Waals surface area contributed by atoms with E-state index in [1.165, 1.54) is 5.56 Å². The Balaban J connectivity index is 1.85. The summed E-state index contributed by atoms with van der Waals surface area (Å²) in [6.45, 7) is 7.42. The zero-order valence-corrected chi connectivity index (χ0v) is 15.4. The van der Waals surface area contributed by atoms with Gasteiger partial charge in [0.15, 0.2) is 5.96 Å². The molecule has 0 radical (unpaired) electrons. The van der Waals surface area contributed by atoms with E-state index in [-0.39, 0.29) is 6.54 Å². The highest BCUT2D eigenvalue weighted by molar-refractivity contribution is 5.79. The van der Waals surface area contributed by atoms with Crippen LogP contribution in [0.2, 0.25) is 0 Å². The van der Waals surface area contributed by atoms with Gasteiger partial charge in [-0.25, -0.2) is 4.99 Å². The molecular weight excluding hydrogens is 314 g/mol. The maximum atomic E-state index is 10.6. The number of aryl methyl sites for hydroxylation is 2. The van der Waals surface area contributed by atoms with Gasteiger partial charge in [0.25, 0.3) is 0 Å². The average molecular weight is 343 g/mol. The van der Waals surface area contributed by atoms with Crippen molar-refractivity contribution in [2.24, 2.45) is 4.99 Å². The van der Waals surface area contributed by atoms with E-state index in [0.717, 1.165) is 31.7 Å². The van der Waals surface area contributed by atoms with Crippen molar-refractivity contribution < 1.29 is 9.52 Å². The minimum atomic E-state index is -1.12. The predicted octanol–water partition coefficient (Wildman–Crippen LogP) is 2.98. The lowest BCUT2D eigenvalue weighted by Crippen LogP contribution is -2.39. The summed E-state index contributed by atoms with van der Waals surface area (Å²) >= 11 is 0. The normalized spacial score (nSPS) is 14.2. The van der Waals surface area contributed by atoms with Gasteiger partial charge >= 0.3 is 0 Å². The van der Waals surface area contributed by atoms with Crippen LogP contribution in [-0.2, 0) is 12.0 Å². The minimum absolute atomic E-state index is 0.230. The van der Waals surface area contributed by atoms with Gasteiger partial charge in [-0.1, -0.05) is 30.3 Å². The van der Waals surface area contributed by atoms with Crippen LogP contribution in [0.25, 0.3) is 0 Å². The van der Waals surface area contributed by atoms with Crippen LogP contribution >= 0.6 is 0 Å². The number of benzene rings is 1. The maximum Gasteiger partial charge on any atom is 0.191 e. The Morgan fingerprint density at radius 2 is 1.92 bits per heavy atom. The quantitative estimate of drug-likeness (QED) is 0.391. The molecule has 25 heavy (non-hydrogen) atoms. The van der Waals surface area contributed by atoms with E-state index >= 15 is 0 Å². The Bertz CT molecular complexity index is 663. The molecule has 1 unspecified atom stereocenters. The number of aliphatic imine (C=N–C) groups is 1. The number of rotatable bonds is 8. The van der Waals surface area contributed by atoms with E-state index in [1.807, 2.05) is 26.0 Å².